The third-order valence-electron chi connectivity index (χ3n) is 2.20. The molecule has 2 rings (SSSR count). The minimum Gasteiger partial charge on any atom is -0.363 e. The molecular formula is C10H11NO3. The molecule has 74 valence electrons. The van der Waals surface area contributed by atoms with Crippen molar-refractivity contribution in [3.63, 3.8) is 0 Å². The quantitative estimate of drug-likeness (QED) is 0.608. The molecule has 4 nitrogen and oxygen atoms in total. The van der Waals surface area contributed by atoms with Gasteiger partial charge in [-0.25, -0.2) is 0 Å². The van der Waals surface area contributed by atoms with Crippen LogP contribution in [0.5, 0.6) is 0 Å². The van der Waals surface area contributed by atoms with Crippen LogP contribution in [0, 0.1) is 0 Å². The van der Waals surface area contributed by atoms with Gasteiger partial charge < -0.3 is 15.1 Å². The first kappa shape index (κ1) is 9.18. The summed E-state index contributed by atoms with van der Waals surface area (Å²) < 4.78 is 0. The van der Waals surface area contributed by atoms with E-state index in [1.807, 2.05) is 6.07 Å². The summed E-state index contributed by atoms with van der Waals surface area (Å²) >= 11 is 0. The van der Waals surface area contributed by atoms with Gasteiger partial charge in [0.15, 0.2) is 5.79 Å². The molecule has 0 saturated carbocycles. The lowest BCUT2D eigenvalue weighted by Gasteiger charge is -2.42. The van der Waals surface area contributed by atoms with Gasteiger partial charge in [0.05, 0.1) is 13.1 Å². The largest absolute Gasteiger partial charge is 0.363 e. The molecule has 1 aromatic rings. The summed E-state index contributed by atoms with van der Waals surface area (Å²) in [4.78, 5) is 13.0. The van der Waals surface area contributed by atoms with E-state index in [1.165, 1.54) is 4.90 Å². The molecule has 2 N–H and O–H groups in total. The SMILES string of the molecule is O=C(c1ccccc1)N1CC(O)(O)C1. The number of hydrogen-bond donors (Lipinski definition) is 2. The van der Waals surface area contributed by atoms with Crippen molar-refractivity contribution in [2.75, 3.05) is 13.1 Å². The summed E-state index contributed by atoms with van der Waals surface area (Å²) in [6.07, 6.45) is 0. The van der Waals surface area contributed by atoms with Crippen molar-refractivity contribution in [2.24, 2.45) is 0 Å². The molecule has 14 heavy (non-hydrogen) atoms. The number of benzene rings is 1. The van der Waals surface area contributed by atoms with Crippen LogP contribution in [0.4, 0.5) is 0 Å². The van der Waals surface area contributed by atoms with Gasteiger partial charge >= 0.3 is 0 Å². The van der Waals surface area contributed by atoms with Crippen LogP contribution >= 0.6 is 0 Å². The van der Waals surface area contributed by atoms with Gasteiger partial charge in [0, 0.05) is 5.56 Å². The highest BCUT2D eigenvalue weighted by atomic mass is 16.5. The Hall–Kier alpha value is -1.39. The highest BCUT2D eigenvalue weighted by Crippen LogP contribution is 2.19. The number of hydrogen-bond acceptors (Lipinski definition) is 3. The van der Waals surface area contributed by atoms with Gasteiger partial charge in [-0.2, -0.15) is 0 Å². The average molecular weight is 193 g/mol. The third kappa shape index (κ3) is 1.62. The van der Waals surface area contributed by atoms with Gasteiger partial charge in [-0.05, 0) is 12.1 Å². The third-order valence-corrected chi connectivity index (χ3v) is 2.20. The average Bonchev–Trinajstić information content (AvgIpc) is 2.14. The number of likely N-dealkylation sites (tertiary alicyclic amines) is 1. The predicted octanol–water partition coefficient (Wildman–Crippen LogP) is -0.177. The number of amides is 1. The molecule has 0 unspecified atom stereocenters. The van der Waals surface area contributed by atoms with Crippen LogP contribution in [0.25, 0.3) is 0 Å². The highest BCUT2D eigenvalue weighted by Gasteiger charge is 2.41. The lowest BCUT2D eigenvalue weighted by atomic mass is 10.1. The molecule has 0 aliphatic carbocycles. The Morgan fingerprint density at radius 3 is 2.29 bits per heavy atom. The summed E-state index contributed by atoms with van der Waals surface area (Å²) in [6, 6.07) is 8.79. The van der Waals surface area contributed by atoms with Crippen molar-refractivity contribution < 1.29 is 15.0 Å². The van der Waals surface area contributed by atoms with Crippen LogP contribution in [-0.2, 0) is 0 Å². The van der Waals surface area contributed by atoms with Gasteiger partial charge in [-0.3, -0.25) is 4.79 Å². The molecule has 4 heteroatoms. The highest BCUT2D eigenvalue weighted by molar-refractivity contribution is 5.94. The molecule has 1 fully saturated rings. The van der Waals surface area contributed by atoms with E-state index in [0.29, 0.717) is 5.56 Å². The van der Waals surface area contributed by atoms with Gasteiger partial charge in [-0.1, -0.05) is 18.2 Å². The minimum absolute atomic E-state index is 0.0132. The Labute approximate surface area is 81.4 Å². The summed E-state index contributed by atoms with van der Waals surface area (Å²) in [5.41, 5.74) is 0.572. The Bertz CT molecular complexity index is 340. The first-order valence-corrected chi connectivity index (χ1v) is 4.38. The van der Waals surface area contributed by atoms with Crippen LogP contribution in [0.15, 0.2) is 30.3 Å². The van der Waals surface area contributed by atoms with Crippen molar-refractivity contribution in [3.8, 4) is 0 Å². The molecule has 1 aromatic carbocycles. The summed E-state index contributed by atoms with van der Waals surface area (Å²) in [7, 11) is 0. The van der Waals surface area contributed by atoms with Crippen molar-refractivity contribution >= 4 is 5.91 Å². The zero-order valence-corrected chi connectivity index (χ0v) is 7.55. The van der Waals surface area contributed by atoms with Crippen LogP contribution < -0.4 is 0 Å². The minimum atomic E-state index is -1.69. The molecule has 1 saturated heterocycles. The van der Waals surface area contributed by atoms with Crippen LogP contribution in [0.1, 0.15) is 10.4 Å². The Balaban J connectivity index is 2.05. The molecular weight excluding hydrogens is 182 g/mol. The molecule has 1 heterocycles. The maximum atomic E-state index is 11.6. The summed E-state index contributed by atoms with van der Waals surface area (Å²) in [5, 5.41) is 18.1. The molecule has 0 spiro atoms. The lowest BCUT2D eigenvalue weighted by Crippen LogP contribution is -2.63. The second-order valence-electron chi connectivity index (χ2n) is 3.51. The van der Waals surface area contributed by atoms with Crippen molar-refractivity contribution in [1.82, 2.24) is 4.90 Å². The first-order chi connectivity index (χ1) is 6.58. The number of carbonyl (C=O) groups excluding carboxylic acids is 1. The van der Waals surface area contributed by atoms with E-state index in [4.69, 9.17) is 10.2 Å². The number of aliphatic hydroxyl groups is 2. The van der Waals surface area contributed by atoms with E-state index >= 15 is 0 Å². The van der Waals surface area contributed by atoms with E-state index in [9.17, 15) is 4.79 Å². The molecule has 0 aromatic heterocycles. The van der Waals surface area contributed by atoms with Crippen molar-refractivity contribution in [3.05, 3.63) is 35.9 Å². The summed E-state index contributed by atoms with van der Waals surface area (Å²) in [5.74, 6) is -1.85. The van der Waals surface area contributed by atoms with E-state index in [0.717, 1.165) is 0 Å². The molecule has 1 aliphatic rings. The van der Waals surface area contributed by atoms with E-state index in [2.05, 4.69) is 0 Å². The zero-order valence-electron chi connectivity index (χ0n) is 7.55. The molecule has 0 atom stereocenters. The Morgan fingerprint density at radius 2 is 1.79 bits per heavy atom. The number of rotatable bonds is 1. The van der Waals surface area contributed by atoms with E-state index < -0.39 is 5.79 Å². The van der Waals surface area contributed by atoms with Crippen molar-refractivity contribution in [2.45, 2.75) is 5.79 Å². The van der Waals surface area contributed by atoms with Gasteiger partial charge in [0.2, 0.25) is 0 Å². The monoisotopic (exact) mass is 193 g/mol. The fourth-order valence-electron chi connectivity index (χ4n) is 1.47. The fraction of sp³-hybridized carbons (Fsp3) is 0.300. The second kappa shape index (κ2) is 3.08. The standard InChI is InChI=1S/C10H11NO3/c12-9(8-4-2-1-3-5-8)11-6-10(13,14)7-11/h1-5,13-14H,6-7H2. The summed E-state index contributed by atoms with van der Waals surface area (Å²) in [6.45, 7) is -0.0263. The van der Waals surface area contributed by atoms with Crippen LogP contribution in [-0.4, -0.2) is 39.9 Å². The van der Waals surface area contributed by atoms with E-state index in [1.54, 1.807) is 24.3 Å². The fourth-order valence-corrected chi connectivity index (χ4v) is 1.47. The van der Waals surface area contributed by atoms with Crippen LogP contribution in [0.3, 0.4) is 0 Å². The zero-order chi connectivity index (χ0) is 10.2. The van der Waals surface area contributed by atoms with Crippen LogP contribution in [0.2, 0.25) is 0 Å². The molecule has 1 amide bonds. The molecule has 0 bridgehead atoms. The number of β-amino-alcohol motifs (C(OH)–C–C–N with tert-alkyl or cyclic N) is 2. The number of nitrogens with zero attached hydrogens (tertiary/aromatic N) is 1. The Morgan fingerprint density at radius 1 is 1.21 bits per heavy atom. The van der Waals surface area contributed by atoms with Gasteiger partial charge in [0.1, 0.15) is 0 Å². The smallest absolute Gasteiger partial charge is 0.254 e. The first-order valence-electron chi connectivity index (χ1n) is 4.38. The second-order valence-corrected chi connectivity index (χ2v) is 3.51. The maximum absolute atomic E-state index is 11.6. The lowest BCUT2D eigenvalue weighted by molar-refractivity contribution is -0.229. The topological polar surface area (TPSA) is 60.8 Å². The Kier molecular flexibility index (Phi) is 2.02. The maximum Gasteiger partial charge on any atom is 0.254 e. The van der Waals surface area contributed by atoms with Gasteiger partial charge in [-0.15, -0.1) is 0 Å². The molecule has 1 aliphatic heterocycles. The predicted molar refractivity (Wildman–Crippen MR) is 49.5 cm³/mol. The normalized spacial score (nSPS) is 18.9. The molecule has 0 radical (unpaired) electrons. The van der Waals surface area contributed by atoms with E-state index in [-0.39, 0.29) is 19.0 Å². The van der Waals surface area contributed by atoms with Crippen molar-refractivity contribution in [1.29, 1.82) is 0 Å². The van der Waals surface area contributed by atoms with Gasteiger partial charge in [0.25, 0.3) is 5.91 Å². The number of carbonyl (C=O) groups is 1.